The second-order valence-corrected chi connectivity index (χ2v) is 4.48. The number of pyridine rings is 1. The van der Waals surface area contributed by atoms with E-state index in [1.807, 2.05) is 19.9 Å². The topological polar surface area (TPSA) is 12.9 Å². The standard InChI is InChI=1S/C16H17N/c1-11(2)14-6-5-7-15(10-14)16-12(3)8-9-13(4)17-16/h5-10H,1H2,2-4H3. The molecule has 0 saturated heterocycles. The summed E-state index contributed by atoms with van der Waals surface area (Å²) < 4.78 is 0. The van der Waals surface area contributed by atoms with Crippen molar-refractivity contribution < 1.29 is 0 Å². The van der Waals surface area contributed by atoms with Gasteiger partial charge in [0.1, 0.15) is 0 Å². The molecule has 0 aliphatic rings. The Balaban J connectivity index is 2.56. The van der Waals surface area contributed by atoms with Crippen molar-refractivity contribution in [1.82, 2.24) is 4.98 Å². The third-order valence-corrected chi connectivity index (χ3v) is 2.87. The Morgan fingerprint density at radius 3 is 2.59 bits per heavy atom. The van der Waals surface area contributed by atoms with Gasteiger partial charge in [0.2, 0.25) is 0 Å². The molecule has 0 amide bonds. The third-order valence-electron chi connectivity index (χ3n) is 2.87. The summed E-state index contributed by atoms with van der Waals surface area (Å²) in [6.45, 7) is 10.1. The highest BCUT2D eigenvalue weighted by atomic mass is 14.7. The molecule has 1 heterocycles. The largest absolute Gasteiger partial charge is 0.253 e. The fourth-order valence-corrected chi connectivity index (χ4v) is 1.85. The van der Waals surface area contributed by atoms with Crippen LogP contribution in [-0.4, -0.2) is 4.98 Å². The molecule has 86 valence electrons. The van der Waals surface area contributed by atoms with E-state index < -0.39 is 0 Å². The number of hydrogen-bond donors (Lipinski definition) is 0. The van der Waals surface area contributed by atoms with Gasteiger partial charge in [-0.15, -0.1) is 0 Å². The fourth-order valence-electron chi connectivity index (χ4n) is 1.85. The molecule has 0 spiro atoms. The monoisotopic (exact) mass is 223 g/mol. The Morgan fingerprint density at radius 1 is 1.12 bits per heavy atom. The molecule has 1 aromatic heterocycles. The molecule has 0 radical (unpaired) electrons. The van der Waals surface area contributed by atoms with Crippen molar-refractivity contribution in [2.45, 2.75) is 20.8 Å². The average Bonchev–Trinajstić information content (AvgIpc) is 2.32. The summed E-state index contributed by atoms with van der Waals surface area (Å²) in [5, 5.41) is 0. The van der Waals surface area contributed by atoms with E-state index in [-0.39, 0.29) is 0 Å². The Morgan fingerprint density at radius 2 is 1.88 bits per heavy atom. The molecular weight excluding hydrogens is 206 g/mol. The molecule has 1 nitrogen and oxygen atoms in total. The highest BCUT2D eigenvalue weighted by Crippen LogP contribution is 2.24. The van der Waals surface area contributed by atoms with Gasteiger partial charge >= 0.3 is 0 Å². The van der Waals surface area contributed by atoms with Gasteiger partial charge in [-0.3, -0.25) is 4.98 Å². The fraction of sp³-hybridized carbons (Fsp3) is 0.188. The molecule has 17 heavy (non-hydrogen) atoms. The molecule has 1 heteroatoms. The van der Waals surface area contributed by atoms with Crippen LogP contribution in [0.1, 0.15) is 23.7 Å². The molecular formula is C16H17N. The van der Waals surface area contributed by atoms with E-state index in [2.05, 4.69) is 48.8 Å². The maximum absolute atomic E-state index is 4.61. The van der Waals surface area contributed by atoms with Crippen molar-refractivity contribution in [3.63, 3.8) is 0 Å². The first-order chi connectivity index (χ1) is 8.08. The van der Waals surface area contributed by atoms with Gasteiger partial charge in [0.25, 0.3) is 0 Å². The molecule has 0 unspecified atom stereocenters. The van der Waals surface area contributed by atoms with Gasteiger partial charge in [-0.2, -0.15) is 0 Å². The first kappa shape index (κ1) is 11.6. The van der Waals surface area contributed by atoms with E-state index in [4.69, 9.17) is 0 Å². The van der Waals surface area contributed by atoms with Crippen LogP contribution in [0.25, 0.3) is 16.8 Å². The van der Waals surface area contributed by atoms with Crippen LogP contribution < -0.4 is 0 Å². The van der Waals surface area contributed by atoms with Crippen LogP contribution in [0, 0.1) is 13.8 Å². The summed E-state index contributed by atoms with van der Waals surface area (Å²) in [4.78, 5) is 4.61. The molecule has 0 N–H and O–H groups in total. The van der Waals surface area contributed by atoms with Gasteiger partial charge < -0.3 is 0 Å². The minimum atomic E-state index is 1.05. The molecule has 0 fully saturated rings. The van der Waals surface area contributed by atoms with Crippen LogP contribution in [0.4, 0.5) is 0 Å². The minimum absolute atomic E-state index is 1.05. The van der Waals surface area contributed by atoms with Crippen LogP contribution >= 0.6 is 0 Å². The number of benzene rings is 1. The average molecular weight is 223 g/mol. The summed E-state index contributed by atoms with van der Waals surface area (Å²) in [7, 11) is 0. The normalized spacial score (nSPS) is 10.3. The predicted octanol–water partition coefficient (Wildman–Crippen LogP) is 4.40. The summed E-state index contributed by atoms with van der Waals surface area (Å²) in [6.07, 6.45) is 0. The van der Waals surface area contributed by atoms with Crippen LogP contribution in [-0.2, 0) is 0 Å². The summed E-state index contributed by atoms with van der Waals surface area (Å²) in [5.41, 5.74) is 6.72. The Kier molecular flexibility index (Phi) is 3.10. The Labute approximate surface area is 103 Å². The van der Waals surface area contributed by atoms with E-state index in [1.165, 1.54) is 11.1 Å². The number of aromatic nitrogens is 1. The SMILES string of the molecule is C=C(C)c1cccc(-c2nc(C)ccc2C)c1. The van der Waals surface area contributed by atoms with Crippen molar-refractivity contribution >= 4 is 5.57 Å². The predicted molar refractivity (Wildman–Crippen MR) is 73.9 cm³/mol. The van der Waals surface area contributed by atoms with Crippen molar-refractivity contribution in [3.8, 4) is 11.3 Å². The molecule has 1 aromatic carbocycles. The first-order valence-corrected chi connectivity index (χ1v) is 5.78. The lowest BCUT2D eigenvalue weighted by Gasteiger charge is -2.08. The van der Waals surface area contributed by atoms with E-state index in [0.717, 1.165) is 22.5 Å². The highest BCUT2D eigenvalue weighted by Gasteiger charge is 2.05. The van der Waals surface area contributed by atoms with Crippen molar-refractivity contribution in [3.05, 3.63) is 59.8 Å². The first-order valence-electron chi connectivity index (χ1n) is 5.78. The van der Waals surface area contributed by atoms with Gasteiger partial charge in [-0.25, -0.2) is 0 Å². The van der Waals surface area contributed by atoms with Gasteiger partial charge in [0.05, 0.1) is 5.69 Å². The van der Waals surface area contributed by atoms with Crippen molar-refractivity contribution in [1.29, 1.82) is 0 Å². The van der Waals surface area contributed by atoms with Crippen LogP contribution in [0.5, 0.6) is 0 Å². The molecule has 0 saturated carbocycles. The number of allylic oxidation sites excluding steroid dienone is 1. The second-order valence-electron chi connectivity index (χ2n) is 4.48. The highest BCUT2D eigenvalue weighted by molar-refractivity contribution is 5.70. The Bertz CT molecular complexity index is 567. The van der Waals surface area contributed by atoms with Gasteiger partial charge in [-0.1, -0.05) is 36.4 Å². The maximum atomic E-state index is 4.61. The maximum Gasteiger partial charge on any atom is 0.0734 e. The zero-order valence-electron chi connectivity index (χ0n) is 10.6. The number of rotatable bonds is 2. The van der Waals surface area contributed by atoms with E-state index in [9.17, 15) is 0 Å². The molecule has 0 aliphatic carbocycles. The lowest BCUT2D eigenvalue weighted by atomic mass is 10.0. The second kappa shape index (κ2) is 4.54. The van der Waals surface area contributed by atoms with E-state index in [0.29, 0.717) is 0 Å². The van der Waals surface area contributed by atoms with Crippen LogP contribution in [0.3, 0.4) is 0 Å². The molecule has 0 aliphatic heterocycles. The smallest absolute Gasteiger partial charge is 0.0734 e. The summed E-state index contributed by atoms with van der Waals surface area (Å²) in [5.74, 6) is 0. The number of nitrogens with zero attached hydrogens (tertiary/aromatic N) is 1. The van der Waals surface area contributed by atoms with Crippen molar-refractivity contribution in [2.75, 3.05) is 0 Å². The summed E-state index contributed by atoms with van der Waals surface area (Å²) in [6, 6.07) is 12.5. The zero-order valence-corrected chi connectivity index (χ0v) is 10.6. The van der Waals surface area contributed by atoms with E-state index >= 15 is 0 Å². The van der Waals surface area contributed by atoms with Crippen LogP contribution in [0.2, 0.25) is 0 Å². The lowest BCUT2D eigenvalue weighted by molar-refractivity contribution is 1.18. The molecule has 2 aromatic rings. The number of hydrogen-bond acceptors (Lipinski definition) is 1. The lowest BCUT2D eigenvalue weighted by Crippen LogP contribution is -1.91. The molecule has 2 rings (SSSR count). The molecule has 0 bridgehead atoms. The zero-order chi connectivity index (χ0) is 12.4. The summed E-state index contributed by atoms with van der Waals surface area (Å²) >= 11 is 0. The number of aryl methyl sites for hydroxylation is 2. The van der Waals surface area contributed by atoms with Crippen LogP contribution in [0.15, 0.2) is 43.0 Å². The minimum Gasteiger partial charge on any atom is -0.253 e. The van der Waals surface area contributed by atoms with Gasteiger partial charge in [-0.05, 0) is 44.0 Å². The Hall–Kier alpha value is -1.89. The van der Waals surface area contributed by atoms with Crippen molar-refractivity contribution in [2.24, 2.45) is 0 Å². The third kappa shape index (κ3) is 2.44. The van der Waals surface area contributed by atoms with E-state index in [1.54, 1.807) is 0 Å². The quantitative estimate of drug-likeness (QED) is 0.735. The molecule has 0 atom stereocenters. The van der Waals surface area contributed by atoms with Gasteiger partial charge in [0, 0.05) is 11.3 Å². The van der Waals surface area contributed by atoms with Gasteiger partial charge in [0.15, 0.2) is 0 Å².